The van der Waals surface area contributed by atoms with E-state index in [1.54, 1.807) is 41.3 Å². The molecular weight excluding hydrogens is 400 g/mol. The molecule has 0 atom stereocenters. The minimum absolute atomic E-state index is 0.115. The minimum Gasteiger partial charge on any atom is -0.483 e. The Morgan fingerprint density at radius 1 is 1.06 bits per heavy atom. The standard InChI is InChI=1S/C22H24N4O5/c1-16-6-8-18(9-7-16)24-21(28)22(29)25-23-14-17-4-2-3-5-19(17)31-15-20(27)26-10-12-30-13-11-26/h2-9,14H,10-13,15H2,1H3,(H,24,28)(H,25,29)/b23-14-. The number of hydrazone groups is 1. The van der Waals surface area contributed by atoms with Crippen LogP contribution in [0.4, 0.5) is 5.69 Å². The van der Waals surface area contributed by atoms with Crippen LogP contribution >= 0.6 is 0 Å². The molecule has 3 rings (SSSR count). The first kappa shape index (κ1) is 22.0. The fourth-order valence-corrected chi connectivity index (χ4v) is 2.80. The second-order valence-electron chi connectivity index (χ2n) is 6.84. The first-order valence-corrected chi connectivity index (χ1v) is 9.81. The smallest absolute Gasteiger partial charge is 0.329 e. The maximum Gasteiger partial charge on any atom is 0.329 e. The van der Waals surface area contributed by atoms with Gasteiger partial charge in [-0.05, 0) is 31.2 Å². The second kappa shape index (κ2) is 10.9. The monoisotopic (exact) mass is 424 g/mol. The number of nitrogens with zero attached hydrogens (tertiary/aromatic N) is 2. The quantitative estimate of drug-likeness (QED) is 0.413. The van der Waals surface area contributed by atoms with Gasteiger partial charge in [-0.1, -0.05) is 29.8 Å². The Balaban J connectivity index is 1.52. The SMILES string of the molecule is Cc1ccc(NC(=O)C(=O)N/N=C\c2ccccc2OCC(=O)N2CCOCC2)cc1. The van der Waals surface area contributed by atoms with Crippen LogP contribution in [0.25, 0.3) is 0 Å². The zero-order valence-corrected chi connectivity index (χ0v) is 17.2. The summed E-state index contributed by atoms with van der Waals surface area (Å²) in [5.41, 5.74) is 4.29. The molecule has 1 aliphatic rings. The number of hydrogen-bond donors (Lipinski definition) is 2. The molecule has 2 aromatic rings. The van der Waals surface area contributed by atoms with Gasteiger partial charge in [0.25, 0.3) is 5.91 Å². The van der Waals surface area contributed by atoms with Crippen LogP contribution < -0.4 is 15.5 Å². The summed E-state index contributed by atoms with van der Waals surface area (Å²) in [6.07, 6.45) is 1.35. The summed E-state index contributed by atoms with van der Waals surface area (Å²) in [4.78, 5) is 37.8. The summed E-state index contributed by atoms with van der Waals surface area (Å²) in [7, 11) is 0. The van der Waals surface area contributed by atoms with Gasteiger partial charge in [0.05, 0.1) is 19.4 Å². The highest BCUT2D eigenvalue weighted by atomic mass is 16.5. The van der Waals surface area contributed by atoms with Crippen LogP contribution in [0.1, 0.15) is 11.1 Å². The molecule has 0 bridgehead atoms. The molecule has 31 heavy (non-hydrogen) atoms. The van der Waals surface area contributed by atoms with Crippen LogP contribution in [0, 0.1) is 6.92 Å². The van der Waals surface area contributed by atoms with Gasteiger partial charge in [-0.25, -0.2) is 5.43 Å². The van der Waals surface area contributed by atoms with E-state index in [-0.39, 0.29) is 12.5 Å². The molecule has 3 amide bonds. The summed E-state index contributed by atoms with van der Waals surface area (Å²) in [5.74, 6) is -1.43. The average molecular weight is 424 g/mol. The molecule has 162 valence electrons. The zero-order valence-electron chi connectivity index (χ0n) is 17.2. The van der Waals surface area contributed by atoms with Gasteiger partial charge in [-0.2, -0.15) is 5.10 Å². The molecule has 0 aliphatic carbocycles. The topological polar surface area (TPSA) is 109 Å². The summed E-state index contributed by atoms with van der Waals surface area (Å²) in [6.45, 7) is 3.94. The molecule has 0 spiro atoms. The number of anilines is 1. The number of benzene rings is 2. The largest absolute Gasteiger partial charge is 0.483 e. The van der Waals surface area contributed by atoms with Crippen molar-refractivity contribution < 1.29 is 23.9 Å². The lowest BCUT2D eigenvalue weighted by molar-refractivity contribution is -0.137. The Morgan fingerprint density at radius 2 is 1.77 bits per heavy atom. The molecule has 0 unspecified atom stereocenters. The third kappa shape index (κ3) is 6.65. The number of hydrogen-bond acceptors (Lipinski definition) is 6. The normalized spacial score (nSPS) is 13.6. The summed E-state index contributed by atoms with van der Waals surface area (Å²) in [5, 5.41) is 6.31. The average Bonchev–Trinajstić information content (AvgIpc) is 2.80. The van der Waals surface area contributed by atoms with Gasteiger partial charge < -0.3 is 19.7 Å². The molecule has 1 fully saturated rings. The molecule has 2 aromatic carbocycles. The maximum absolute atomic E-state index is 12.2. The van der Waals surface area contributed by atoms with E-state index in [2.05, 4.69) is 15.8 Å². The van der Waals surface area contributed by atoms with Gasteiger partial charge >= 0.3 is 11.8 Å². The van der Waals surface area contributed by atoms with Crippen molar-refractivity contribution in [1.29, 1.82) is 0 Å². The fraction of sp³-hybridized carbons (Fsp3) is 0.273. The molecule has 0 radical (unpaired) electrons. The Kier molecular flexibility index (Phi) is 7.72. The number of carbonyl (C=O) groups excluding carboxylic acids is 3. The van der Waals surface area contributed by atoms with Crippen LogP contribution in [0.5, 0.6) is 5.75 Å². The molecular formula is C22H24N4O5. The van der Waals surface area contributed by atoms with Gasteiger partial charge in [-0.15, -0.1) is 0 Å². The van der Waals surface area contributed by atoms with Crippen molar-refractivity contribution in [3.8, 4) is 5.75 Å². The number of ether oxygens (including phenoxy) is 2. The van der Waals surface area contributed by atoms with Gasteiger partial charge in [0.15, 0.2) is 6.61 Å². The van der Waals surface area contributed by atoms with Crippen molar-refractivity contribution >= 4 is 29.6 Å². The molecule has 0 aromatic heterocycles. The van der Waals surface area contributed by atoms with E-state index in [9.17, 15) is 14.4 Å². The number of morpholine rings is 1. The predicted octanol–water partition coefficient (Wildman–Crippen LogP) is 1.32. The van der Waals surface area contributed by atoms with Crippen LogP contribution in [0.15, 0.2) is 53.6 Å². The van der Waals surface area contributed by atoms with Crippen molar-refractivity contribution in [3.05, 3.63) is 59.7 Å². The molecule has 0 saturated carbocycles. The molecule has 1 heterocycles. The highest BCUT2D eigenvalue weighted by molar-refractivity contribution is 6.39. The zero-order chi connectivity index (χ0) is 22.1. The Hall–Kier alpha value is -3.72. The molecule has 1 saturated heterocycles. The van der Waals surface area contributed by atoms with E-state index in [0.717, 1.165) is 5.56 Å². The van der Waals surface area contributed by atoms with Crippen molar-refractivity contribution in [2.45, 2.75) is 6.92 Å². The van der Waals surface area contributed by atoms with Crippen molar-refractivity contribution in [2.75, 3.05) is 38.2 Å². The fourth-order valence-electron chi connectivity index (χ4n) is 2.80. The molecule has 9 nitrogen and oxygen atoms in total. The highest BCUT2D eigenvalue weighted by Gasteiger charge is 2.17. The Bertz CT molecular complexity index is 953. The van der Waals surface area contributed by atoms with Crippen molar-refractivity contribution in [3.63, 3.8) is 0 Å². The van der Waals surface area contributed by atoms with Gasteiger partial charge in [0.1, 0.15) is 5.75 Å². The lowest BCUT2D eigenvalue weighted by Gasteiger charge is -2.26. The third-order valence-electron chi connectivity index (χ3n) is 4.52. The van der Waals surface area contributed by atoms with Gasteiger partial charge in [-0.3, -0.25) is 14.4 Å². The number of nitrogens with one attached hydrogen (secondary N) is 2. The minimum atomic E-state index is -0.905. The van der Waals surface area contributed by atoms with Gasteiger partial charge in [0.2, 0.25) is 0 Å². The number of aryl methyl sites for hydroxylation is 1. The lowest BCUT2D eigenvalue weighted by atomic mass is 10.2. The van der Waals surface area contributed by atoms with Crippen LogP contribution in [-0.2, 0) is 19.1 Å². The van der Waals surface area contributed by atoms with E-state index in [4.69, 9.17) is 9.47 Å². The number of carbonyl (C=O) groups is 3. The molecule has 2 N–H and O–H groups in total. The number of amides is 3. The Morgan fingerprint density at radius 3 is 2.52 bits per heavy atom. The second-order valence-corrected chi connectivity index (χ2v) is 6.84. The van der Waals surface area contributed by atoms with Crippen LogP contribution in [0.2, 0.25) is 0 Å². The first-order valence-electron chi connectivity index (χ1n) is 9.81. The van der Waals surface area contributed by atoms with E-state index in [0.29, 0.717) is 43.3 Å². The highest BCUT2D eigenvalue weighted by Crippen LogP contribution is 2.16. The van der Waals surface area contributed by atoms with Crippen molar-refractivity contribution in [2.24, 2.45) is 5.10 Å². The van der Waals surface area contributed by atoms with Crippen molar-refractivity contribution in [1.82, 2.24) is 10.3 Å². The first-order chi connectivity index (χ1) is 15.0. The van der Waals surface area contributed by atoms with E-state index >= 15 is 0 Å². The summed E-state index contributed by atoms with van der Waals surface area (Å²) in [6, 6.07) is 14.0. The maximum atomic E-state index is 12.2. The summed E-state index contributed by atoms with van der Waals surface area (Å²) < 4.78 is 10.9. The van der Waals surface area contributed by atoms with Crippen LogP contribution in [-0.4, -0.2) is 61.7 Å². The lowest BCUT2D eigenvalue weighted by Crippen LogP contribution is -2.43. The number of rotatable bonds is 6. The van der Waals surface area contributed by atoms with Crippen LogP contribution in [0.3, 0.4) is 0 Å². The van der Waals surface area contributed by atoms with Gasteiger partial charge in [0, 0.05) is 24.3 Å². The van der Waals surface area contributed by atoms with E-state index < -0.39 is 11.8 Å². The van der Waals surface area contributed by atoms with E-state index in [1.165, 1.54) is 6.21 Å². The predicted molar refractivity (Wildman–Crippen MR) is 115 cm³/mol. The molecule has 1 aliphatic heterocycles. The number of para-hydroxylation sites is 1. The Labute approximate surface area is 180 Å². The third-order valence-corrected chi connectivity index (χ3v) is 4.52. The summed E-state index contributed by atoms with van der Waals surface area (Å²) >= 11 is 0. The van der Waals surface area contributed by atoms with E-state index in [1.807, 2.05) is 19.1 Å². The molecule has 9 heteroatoms.